The zero-order valence-corrected chi connectivity index (χ0v) is 14.6. The predicted octanol–water partition coefficient (Wildman–Crippen LogP) is 4.80. The third-order valence-corrected chi connectivity index (χ3v) is 5.00. The molecule has 1 atom stereocenters. The summed E-state index contributed by atoms with van der Waals surface area (Å²) in [5, 5.41) is 0. The fraction of sp³-hybridized carbons (Fsp3) is 0.571. The van der Waals surface area contributed by atoms with Crippen LogP contribution < -0.4 is 0 Å². The molecule has 1 aliphatic carbocycles. The fourth-order valence-electron chi connectivity index (χ4n) is 3.83. The lowest BCUT2D eigenvalue weighted by Gasteiger charge is -2.50. The Bertz CT molecular complexity index is 552. The number of hydrogen-bond acceptors (Lipinski definition) is 3. The second kappa shape index (κ2) is 8.09. The van der Waals surface area contributed by atoms with Crippen molar-refractivity contribution in [2.24, 2.45) is 5.92 Å². The molecule has 130 valence electrons. The molecular weight excluding hydrogens is 300 g/mol. The van der Waals surface area contributed by atoms with Gasteiger partial charge < -0.3 is 9.47 Å². The van der Waals surface area contributed by atoms with Gasteiger partial charge in [-0.3, -0.25) is 4.79 Å². The van der Waals surface area contributed by atoms with E-state index >= 15 is 0 Å². The fourth-order valence-corrected chi connectivity index (χ4v) is 3.83. The van der Waals surface area contributed by atoms with Gasteiger partial charge in [0.05, 0.1) is 0 Å². The van der Waals surface area contributed by atoms with Crippen molar-refractivity contribution in [1.82, 2.24) is 0 Å². The van der Waals surface area contributed by atoms with E-state index in [-0.39, 0.29) is 17.9 Å². The number of rotatable bonds is 7. The number of aryl methyl sites for hydroxylation is 1. The molecule has 1 aromatic rings. The quantitative estimate of drug-likeness (QED) is 0.532. The molecule has 2 fully saturated rings. The van der Waals surface area contributed by atoms with Gasteiger partial charge in [0.1, 0.15) is 0 Å². The van der Waals surface area contributed by atoms with E-state index < -0.39 is 0 Å². The number of benzene rings is 1. The molecule has 0 amide bonds. The van der Waals surface area contributed by atoms with Gasteiger partial charge >= 0.3 is 0 Å². The van der Waals surface area contributed by atoms with Crippen LogP contribution in [0.5, 0.6) is 0 Å². The summed E-state index contributed by atoms with van der Waals surface area (Å²) in [5.74, 6) is 0.289. The molecule has 3 nitrogen and oxygen atoms in total. The van der Waals surface area contributed by atoms with Crippen LogP contribution in [-0.2, 0) is 20.7 Å². The topological polar surface area (TPSA) is 35.5 Å². The summed E-state index contributed by atoms with van der Waals surface area (Å²) in [6, 6.07) is 10.5. The monoisotopic (exact) mass is 328 g/mol. The maximum absolute atomic E-state index is 12.0. The van der Waals surface area contributed by atoms with Gasteiger partial charge in [0.2, 0.25) is 0 Å². The molecule has 0 radical (unpaired) electrons. The van der Waals surface area contributed by atoms with Crippen LogP contribution in [0.2, 0.25) is 0 Å². The summed E-state index contributed by atoms with van der Waals surface area (Å²) >= 11 is 0. The standard InChI is InChI=1S/C21H28O3/c1-17-23-21(24-17)15-7-11-19(16-21)13-14-20(22)12-6-5-10-18-8-3-2-4-9-18/h2-4,8-9,13-14,17,19H,5-7,10-12,15-16H2,1H3/b14-13+. The van der Waals surface area contributed by atoms with E-state index in [1.807, 2.05) is 13.0 Å². The minimum absolute atomic E-state index is 0.0704. The highest BCUT2D eigenvalue weighted by atomic mass is 16.9. The number of unbranched alkanes of at least 4 members (excludes halogenated alkanes) is 1. The summed E-state index contributed by atoms with van der Waals surface area (Å²) in [7, 11) is 0. The van der Waals surface area contributed by atoms with Crippen LogP contribution in [0.3, 0.4) is 0 Å². The van der Waals surface area contributed by atoms with Crippen molar-refractivity contribution in [3.05, 3.63) is 48.0 Å². The molecule has 1 spiro atoms. The highest BCUT2D eigenvalue weighted by molar-refractivity contribution is 5.89. The molecule has 3 heteroatoms. The van der Waals surface area contributed by atoms with E-state index in [4.69, 9.17) is 9.47 Å². The molecule has 1 saturated heterocycles. The Morgan fingerprint density at radius 1 is 1.25 bits per heavy atom. The van der Waals surface area contributed by atoms with E-state index in [0.29, 0.717) is 12.3 Å². The molecule has 1 saturated carbocycles. The van der Waals surface area contributed by atoms with Gasteiger partial charge in [-0.2, -0.15) is 0 Å². The highest BCUT2D eigenvalue weighted by Gasteiger charge is 2.47. The molecule has 0 bridgehead atoms. The van der Waals surface area contributed by atoms with Crippen molar-refractivity contribution in [3.8, 4) is 0 Å². The summed E-state index contributed by atoms with van der Waals surface area (Å²) in [6.07, 6.45) is 11.6. The van der Waals surface area contributed by atoms with E-state index in [9.17, 15) is 4.79 Å². The highest BCUT2D eigenvalue weighted by Crippen LogP contribution is 2.44. The normalized spacial score (nSPS) is 29.7. The van der Waals surface area contributed by atoms with Gasteiger partial charge in [-0.25, -0.2) is 0 Å². The summed E-state index contributed by atoms with van der Waals surface area (Å²) in [6.45, 7) is 1.93. The SMILES string of the molecule is CC1OC2(CCCC(/C=C/C(=O)CCCCc3ccccc3)C2)O1. The zero-order chi connectivity index (χ0) is 16.8. The Balaban J connectivity index is 1.35. The van der Waals surface area contributed by atoms with Crippen molar-refractivity contribution in [2.75, 3.05) is 0 Å². The van der Waals surface area contributed by atoms with E-state index in [1.54, 1.807) is 6.08 Å². The first kappa shape index (κ1) is 17.4. The van der Waals surface area contributed by atoms with Crippen molar-refractivity contribution < 1.29 is 14.3 Å². The predicted molar refractivity (Wildman–Crippen MR) is 94.5 cm³/mol. The lowest BCUT2D eigenvalue weighted by Crippen LogP contribution is -2.54. The van der Waals surface area contributed by atoms with Crippen molar-refractivity contribution in [1.29, 1.82) is 0 Å². The van der Waals surface area contributed by atoms with Crippen LogP contribution in [0, 0.1) is 5.92 Å². The Morgan fingerprint density at radius 3 is 2.79 bits per heavy atom. The zero-order valence-electron chi connectivity index (χ0n) is 14.6. The van der Waals surface area contributed by atoms with Crippen LogP contribution in [0.1, 0.15) is 57.4 Å². The van der Waals surface area contributed by atoms with Crippen LogP contribution >= 0.6 is 0 Å². The number of ether oxygens (including phenoxy) is 2. The van der Waals surface area contributed by atoms with Crippen LogP contribution in [0.4, 0.5) is 0 Å². The second-order valence-corrected chi connectivity index (χ2v) is 7.09. The molecule has 1 aliphatic heterocycles. The minimum atomic E-state index is -0.356. The van der Waals surface area contributed by atoms with Gasteiger partial charge in [-0.15, -0.1) is 0 Å². The van der Waals surface area contributed by atoms with Crippen LogP contribution in [0.25, 0.3) is 0 Å². The molecule has 1 heterocycles. The maximum atomic E-state index is 12.0. The first-order valence-corrected chi connectivity index (χ1v) is 9.26. The largest absolute Gasteiger partial charge is 0.321 e. The Labute approximate surface area is 145 Å². The number of allylic oxidation sites excluding steroid dienone is 2. The van der Waals surface area contributed by atoms with E-state index in [0.717, 1.165) is 44.9 Å². The maximum Gasteiger partial charge on any atom is 0.175 e. The van der Waals surface area contributed by atoms with Gasteiger partial charge in [-0.1, -0.05) is 36.4 Å². The number of carbonyl (C=O) groups excluding carboxylic acids is 1. The molecule has 24 heavy (non-hydrogen) atoms. The Hall–Kier alpha value is -1.45. The summed E-state index contributed by atoms with van der Waals surface area (Å²) < 4.78 is 11.6. The Kier molecular flexibility index (Phi) is 5.85. The lowest BCUT2D eigenvalue weighted by atomic mass is 9.83. The second-order valence-electron chi connectivity index (χ2n) is 7.09. The van der Waals surface area contributed by atoms with Crippen LogP contribution in [-0.4, -0.2) is 17.9 Å². The van der Waals surface area contributed by atoms with Gasteiger partial charge in [0, 0.05) is 19.3 Å². The van der Waals surface area contributed by atoms with Gasteiger partial charge in [0.25, 0.3) is 0 Å². The van der Waals surface area contributed by atoms with Crippen LogP contribution in [0.15, 0.2) is 42.5 Å². The van der Waals surface area contributed by atoms with Crippen molar-refractivity contribution >= 4 is 5.78 Å². The molecule has 1 aromatic carbocycles. The minimum Gasteiger partial charge on any atom is -0.321 e. The summed E-state index contributed by atoms with van der Waals surface area (Å²) in [4.78, 5) is 12.0. The Morgan fingerprint density at radius 2 is 2.04 bits per heavy atom. The average Bonchev–Trinajstić information content (AvgIpc) is 2.57. The van der Waals surface area contributed by atoms with E-state index in [1.165, 1.54) is 5.56 Å². The van der Waals surface area contributed by atoms with E-state index in [2.05, 4.69) is 30.3 Å². The van der Waals surface area contributed by atoms with Crippen molar-refractivity contribution in [3.63, 3.8) is 0 Å². The first-order valence-electron chi connectivity index (χ1n) is 9.26. The summed E-state index contributed by atoms with van der Waals surface area (Å²) in [5.41, 5.74) is 1.35. The first-order chi connectivity index (χ1) is 11.7. The van der Waals surface area contributed by atoms with Crippen molar-refractivity contribution in [2.45, 2.75) is 70.4 Å². The molecular formula is C21H28O3. The molecule has 0 N–H and O–H groups in total. The average molecular weight is 328 g/mol. The molecule has 0 aromatic heterocycles. The molecule has 2 aliphatic rings. The number of hydrogen-bond donors (Lipinski definition) is 0. The lowest BCUT2D eigenvalue weighted by molar-refractivity contribution is -0.455. The number of carbonyl (C=O) groups is 1. The van der Waals surface area contributed by atoms with Gasteiger partial charge in [-0.05, 0) is 56.6 Å². The number of ketones is 1. The third kappa shape index (κ3) is 4.78. The van der Waals surface area contributed by atoms with Gasteiger partial charge in [0.15, 0.2) is 17.9 Å². The third-order valence-electron chi connectivity index (χ3n) is 5.00. The molecule has 1 unspecified atom stereocenters. The smallest absolute Gasteiger partial charge is 0.175 e. The molecule has 3 rings (SSSR count).